The van der Waals surface area contributed by atoms with Gasteiger partial charge in [0.1, 0.15) is 5.75 Å². The molecule has 114 valence electrons. The molecule has 0 spiro atoms. The van der Waals surface area contributed by atoms with E-state index in [-0.39, 0.29) is 16.9 Å². The first-order valence-corrected chi connectivity index (χ1v) is 7.35. The molecule has 1 N–H and O–H groups in total. The lowest BCUT2D eigenvalue weighted by Gasteiger charge is -2.22. The molecule has 0 amide bonds. The number of ketones is 1. The van der Waals surface area contributed by atoms with Crippen LogP contribution in [0.2, 0.25) is 0 Å². The summed E-state index contributed by atoms with van der Waals surface area (Å²) in [5.41, 5.74) is 3.15. The van der Waals surface area contributed by atoms with Crippen LogP contribution in [0.1, 0.15) is 54.7 Å². The summed E-state index contributed by atoms with van der Waals surface area (Å²) < 4.78 is 0. The summed E-state index contributed by atoms with van der Waals surface area (Å²) in [5, 5.41) is 10.5. The third-order valence-corrected chi connectivity index (χ3v) is 3.72. The standard InChI is InChI=1S/C20H22O2/c1-13(2)16-11-15(20(3,4)5)12-17(19(16)22)18(21)14-9-7-6-8-10-14/h6-12,22H,1H2,2-5H3. The Morgan fingerprint density at radius 3 is 2.09 bits per heavy atom. The van der Waals surface area contributed by atoms with Gasteiger partial charge in [-0.3, -0.25) is 4.79 Å². The smallest absolute Gasteiger partial charge is 0.196 e. The van der Waals surface area contributed by atoms with Gasteiger partial charge in [-0.2, -0.15) is 0 Å². The second-order valence-electron chi connectivity index (χ2n) is 6.65. The predicted molar refractivity (Wildman–Crippen MR) is 91.4 cm³/mol. The van der Waals surface area contributed by atoms with Crippen molar-refractivity contribution in [2.45, 2.75) is 33.1 Å². The van der Waals surface area contributed by atoms with Crippen molar-refractivity contribution in [2.75, 3.05) is 0 Å². The van der Waals surface area contributed by atoms with Gasteiger partial charge >= 0.3 is 0 Å². The van der Waals surface area contributed by atoms with Gasteiger partial charge in [-0.05, 0) is 35.6 Å². The molecule has 2 nitrogen and oxygen atoms in total. The Labute approximate surface area is 132 Å². The fraction of sp³-hybridized carbons (Fsp3) is 0.250. The molecule has 2 aromatic carbocycles. The average Bonchev–Trinajstić information content (AvgIpc) is 2.46. The van der Waals surface area contributed by atoms with Crippen molar-refractivity contribution in [3.63, 3.8) is 0 Å². The van der Waals surface area contributed by atoms with Crippen LogP contribution in [-0.4, -0.2) is 10.9 Å². The Hall–Kier alpha value is -2.35. The lowest BCUT2D eigenvalue weighted by molar-refractivity contribution is 0.103. The summed E-state index contributed by atoms with van der Waals surface area (Å²) in [6, 6.07) is 12.7. The molecule has 0 unspecified atom stereocenters. The number of phenolic OH excluding ortho intramolecular Hbond substituents is 1. The van der Waals surface area contributed by atoms with Crippen molar-refractivity contribution >= 4 is 11.4 Å². The Balaban J connectivity index is 2.67. The molecule has 0 aliphatic heterocycles. The van der Waals surface area contributed by atoms with Crippen LogP contribution in [0.3, 0.4) is 0 Å². The predicted octanol–water partition coefficient (Wildman–Crippen LogP) is 4.95. The van der Waals surface area contributed by atoms with Crippen molar-refractivity contribution in [3.05, 3.63) is 71.3 Å². The number of carbonyl (C=O) groups is 1. The minimum atomic E-state index is -0.174. The van der Waals surface area contributed by atoms with E-state index >= 15 is 0 Å². The third kappa shape index (κ3) is 3.11. The normalized spacial score (nSPS) is 11.3. The first-order valence-electron chi connectivity index (χ1n) is 7.35. The summed E-state index contributed by atoms with van der Waals surface area (Å²) in [7, 11) is 0. The highest BCUT2D eigenvalue weighted by Gasteiger charge is 2.22. The zero-order valence-electron chi connectivity index (χ0n) is 13.6. The number of rotatable bonds is 3. The first-order chi connectivity index (χ1) is 10.2. The zero-order valence-corrected chi connectivity index (χ0v) is 13.6. The summed E-state index contributed by atoms with van der Waals surface area (Å²) >= 11 is 0. The minimum absolute atomic E-state index is 0.00866. The van der Waals surface area contributed by atoms with Crippen LogP contribution in [-0.2, 0) is 5.41 Å². The van der Waals surface area contributed by atoms with E-state index in [0.717, 1.165) is 11.1 Å². The highest BCUT2D eigenvalue weighted by atomic mass is 16.3. The van der Waals surface area contributed by atoms with Crippen LogP contribution < -0.4 is 0 Å². The third-order valence-electron chi connectivity index (χ3n) is 3.72. The Morgan fingerprint density at radius 2 is 1.59 bits per heavy atom. The molecule has 2 rings (SSSR count). The highest BCUT2D eigenvalue weighted by Crippen LogP contribution is 2.35. The number of aromatic hydroxyl groups is 1. The topological polar surface area (TPSA) is 37.3 Å². The zero-order chi connectivity index (χ0) is 16.5. The van der Waals surface area contributed by atoms with E-state index in [1.165, 1.54) is 0 Å². The van der Waals surface area contributed by atoms with Crippen molar-refractivity contribution in [2.24, 2.45) is 0 Å². The van der Waals surface area contributed by atoms with Gasteiger partial charge in [0.05, 0.1) is 5.56 Å². The van der Waals surface area contributed by atoms with E-state index in [0.29, 0.717) is 16.7 Å². The molecule has 0 aliphatic rings. The van der Waals surface area contributed by atoms with Gasteiger partial charge in [-0.15, -0.1) is 0 Å². The molecule has 0 atom stereocenters. The van der Waals surface area contributed by atoms with Crippen LogP contribution in [0.5, 0.6) is 5.75 Å². The van der Waals surface area contributed by atoms with Gasteiger partial charge in [-0.25, -0.2) is 0 Å². The van der Waals surface area contributed by atoms with E-state index in [2.05, 4.69) is 27.4 Å². The fourth-order valence-corrected chi connectivity index (χ4v) is 2.31. The number of hydrogen-bond donors (Lipinski definition) is 1. The summed E-state index contributed by atoms with van der Waals surface area (Å²) in [6.07, 6.45) is 0. The van der Waals surface area contributed by atoms with Crippen LogP contribution >= 0.6 is 0 Å². The second kappa shape index (κ2) is 5.80. The highest BCUT2D eigenvalue weighted by molar-refractivity contribution is 6.11. The molecule has 0 radical (unpaired) electrons. The number of benzene rings is 2. The number of hydrogen-bond acceptors (Lipinski definition) is 2. The maximum Gasteiger partial charge on any atom is 0.196 e. The molecule has 2 aromatic rings. The number of allylic oxidation sites excluding steroid dienone is 1. The molecule has 22 heavy (non-hydrogen) atoms. The van der Waals surface area contributed by atoms with Gasteiger partial charge in [-0.1, -0.05) is 57.7 Å². The van der Waals surface area contributed by atoms with Gasteiger partial charge < -0.3 is 5.11 Å². The molecule has 0 saturated heterocycles. The van der Waals surface area contributed by atoms with Crippen molar-refractivity contribution in [1.82, 2.24) is 0 Å². The van der Waals surface area contributed by atoms with Crippen molar-refractivity contribution in [3.8, 4) is 5.75 Å². The Bertz CT molecular complexity index is 719. The Kier molecular flexibility index (Phi) is 4.23. The largest absolute Gasteiger partial charge is 0.507 e. The van der Waals surface area contributed by atoms with E-state index in [1.807, 2.05) is 31.2 Å². The van der Waals surface area contributed by atoms with E-state index in [4.69, 9.17) is 0 Å². The van der Waals surface area contributed by atoms with Crippen LogP contribution in [0.25, 0.3) is 5.57 Å². The first kappa shape index (κ1) is 16.0. The molecular weight excluding hydrogens is 272 g/mol. The number of phenols is 1. The maximum atomic E-state index is 12.7. The van der Waals surface area contributed by atoms with Crippen LogP contribution in [0.15, 0.2) is 49.0 Å². The van der Waals surface area contributed by atoms with Crippen LogP contribution in [0, 0.1) is 0 Å². The average molecular weight is 294 g/mol. The Morgan fingerprint density at radius 1 is 1.05 bits per heavy atom. The molecule has 0 bridgehead atoms. The molecular formula is C20H22O2. The lowest BCUT2D eigenvalue weighted by Crippen LogP contribution is -2.14. The van der Waals surface area contributed by atoms with Gasteiger partial charge in [0.2, 0.25) is 0 Å². The van der Waals surface area contributed by atoms with Crippen LogP contribution in [0.4, 0.5) is 0 Å². The van der Waals surface area contributed by atoms with Crippen molar-refractivity contribution in [1.29, 1.82) is 0 Å². The molecule has 0 heterocycles. The lowest BCUT2D eigenvalue weighted by atomic mass is 9.83. The molecule has 2 heteroatoms. The SMILES string of the molecule is C=C(C)c1cc(C(C)(C)C)cc(C(=O)c2ccccc2)c1O. The molecule has 0 saturated carbocycles. The van der Waals surface area contributed by atoms with Gasteiger partial charge in [0.15, 0.2) is 5.78 Å². The molecule has 0 aromatic heterocycles. The molecule has 0 aliphatic carbocycles. The minimum Gasteiger partial charge on any atom is -0.507 e. The monoisotopic (exact) mass is 294 g/mol. The summed E-state index contributed by atoms with van der Waals surface area (Å²) in [5.74, 6) is -0.166. The quantitative estimate of drug-likeness (QED) is 0.813. The van der Waals surface area contributed by atoms with Gasteiger partial charge in [0, 0.05) is 11.1 Å². The maximum absolute atomic E-state index is 12.7. The molecule has 0 fully saturated rings. The van der Waals surface area contributed by atoms with E-state index in [1.54, 1.807) is 18.2 Å². The second-order valence-corrected chi connectivity index (χ2v) is 6.65. The number of carbonyl (C=O) groups excluding carboxylic acids is 1. The van der Waals surface area contributed by atoms with Crippen molar-refractivity contribution < 1.29 is 9.90 Å². The van der Waals surface area contributed by atoms with E-state index < -0.39 is 0 Å². The fourth-order valence-electron chi connectivity index (χ4n) is 2.31. The van der Waals surface area contributed by atoms with E-state index in [9.17, 15) is 9.90 Å². The summed E-state index contributed by atoms with van der Waals surface area (Å²) in [6.45, 7) is 12.0. The van der Waals surface area contributed by atoms with Gasteiger partial charge in [0.25, 0.3) is 0 Å². The summed E-state index contributed by atoms with van der Waals surface area (Å²) in [4.78, 5) is 12.7.